The third kappa shape index (κ3) is 6.85. The van der Waals surface area contributed by atoms with Gasteiger partial charge < -0.3 is 19.2 Å². The molecule has 0 aromatic heterocycles. The second-order valence-corrected chi connectivity index (χ2v) is 11.4. The monoisotopic (exact) mass is 516 g/mol. The number of benzene rings is 2. The number of anilines is 1. The first kappa shape index (κ1) is 27.7. The van der Waals surface area contributed by atoms with Crippen molar-refractivity contribution in [3.05, 3.63) is 53.6 Å². The van der Waals surface area contributed by atoms with Gasteiger partial charge in [-0.05, 0) is 79.6 Å². The predicted octanol–water partition coefficient (Wildman–Crippen LogP) is 3.92. The first-order chi connectivity index (χ1) is 17.1. The van der Waals surface area contributed by atoms with Gasteiger partial charge in [-0.15, -0.1) is 0 Å². The van der Waals surface area contributed by atoms with Crippen molar-refractivity contribution in [1.29, 1.82) is 0 Å². The molecule has 0 N–H and O–H groups in total. The summed E-state index contributed by atoms with van der Waals surface area (Å²) in [4.78, 5) is 25.1. The summed E-state index contributed by atoms with van der Waals surface area (Å²) >= 11 is 0. The van der Waals surface area contributed by atoms with Crippen molar-refractivity contribution in [2.75, 3.05) is 44.8 Å². The zero-order chi connectivity index (χ0) is 26.3. The molecule has 1 atom stereocenters. The maximum atomic E-state index is 13.8. The standard InChI is InChI=1S/C27H36N2O6S/c1-20(11-14-30)18-29(26-10-5-23(17-21(26)2)27(31)28(3)4)36(32,33)25-8-6-24(7-9-25)35-19-22-12-15-34-16-13-22/h5-10,14,17,20,22H,11-13,15-16,18-19H2,1-4H3. The fraction of sp³-hybridized carbons (Fsp3) is 0.481. The van der Waals surface area contributed by atoms with Gasteiger partial charge in [0.05, 0.1) is 17.2 Å². The van der Waals surface area contributed by atoms with Crippen LogP contribution >= 0.6 is 0 Å². The molecule has 3 rings (SSSR count). The van der Waals surface area contributed by atoms with Gasteiger partial charge in [0.15, 0.2) is 0 Å². The molecule has 1 heterocycles. The lowest BCUT2D eigenvalue weighted by Gasteiger charge is -2.28. The fourth-order valence-electron chi connectivity index (χ4n) is 4.14. The first-order valence-corrected chi connectivity index (χ1v) is 13.7. The summed E-state index contributed by atoms with van der Waals surface area (Å²) in [6.07, 6.45) is 2.95. The van der Waals surface area contributed by atoms with Crippen molar-refractivity contribution in [2.24, 2.45) is 11.8 Å². The van der Waals surface area contributed by atoms with E-state index < -0.39 is 10.0 Å². The van der Waals surface area contributed by atoms with Crippen molar-refractivity contribution in [2.45, 2.75) is 38.0 Å². The van der Waals surface area contributed by atoms with Crippen LogP contribution in [0.4, 0.5) is 5.69 Å². The molecule has 0 aliphatic carbocycles. The van der Waals surface area contributed by atoms with Crippen LogP contribution in [-0.4, -0.2) is 66.0 Å². The molecule has 0 spiro atoms. The SMILES string of the molecule is Cc1cc(C(=O)N(C)C)ccc1N(CC(C)CC=O)S(=O)(=O)c1ccc(OCC2CCOCC2)cc1. The van der Waals surface area contributed by atoms with E-state index in [4.69, 9.17) is 9.47 Å². The summed E-state index contributed by atoms with van der Waals surface area (Å²) in [5.74, 6) is 0.692. The van der Waals surface area contributed by atoms with Crippen LogP contribution in [0.5, 0.6) is 5.75 Å². The van der Waals surface area contributed by atoms with Crippen molar-refractivity contribution in [3.63, 3.8) is 0 Å². The van der Waals surface area contributed by atoms with Crippen LogP contribution in [0.15, 0.2) is 47.4 Å². The highest BCUT2D eigenvalue weighted by Gasteiger charge is 2.28. The topological polar surface area (TPSA) is 93.2 Å². The van der Waals surface area contributed by atoms with E-state index >= 15 is 0 Å². The van der Waals surface area contributed by atoms with Gasteiger partial charge in [-0.3, -0.25) is 9.10 Å². The molecule has 0 saturated carbocycles. The lowest BCUT2D eigenvalue weighted by molar-refractivity contribution is -0.108. The Kier molecular flexibility index (Phi) is 9.50. The Morgan fingerprint density at radius 2 is 1.81 bits per heavy atom. The van der Waals surface area contributed by atoms with Crippen molar-refractivity contribution < 1.29 is 27.5 Å². The number of aryl methyl sites for hydroxylation is 1. The number of carbonyl (C=O) groups excluding carboxylic acids is 2. The van der Waals surface area contributed by atoms with E-state index in [2.05, 4.69) is 0 Å². The molecule has 2 aromatic carbocycles. The molecule has 9 heteroatoms. The molecule has 36 heavy (non-hydrogen) atoms. The molecule has 1 amide bonds. The van der Waals surface area contributed by atoms with E-state index in [1.807, 2.05) is 6.92 Å². The second-order valence-electron chi connectivity index (χ2n) is 9.58. The van der Waals surface area contributed by atoms with Gasteiger partial charge in [0.25, 0.3) is 15.9 Å². The average Bonchev–Trinajstić information content (AvgIpc) is 2.86. The highest BCUT2D eigenvalue weighted by Crippen LogP contribution is 2.30. The number of aldehydes is 1. The van der Waals surface area contributed by atoms with Gasteiger partial charge in [-0.1, -0.05) is 6.92 Å². The van der Waals surface area contributed by atoms with Gasteiger partial charge >= 0.3 is 0 Å². The summed E-state index contributed by atoms with van der Waals surface area (Å²) in [5.41, 5.74) is 1.61. The Morgan fingerprint density at radius 3 is 2.39 bits per heavy atom. The summed E-state index contributed by atoms with van der Waals surface area (Å²) in [7, 11) is -0.608. The average molecular weight is 517 g/mol. The molecule has 0 radical (unpaired) electrons. The Labute approximate surface area is 214 Å². The number of nitrogens with zero attached hydrogens (tertiary/aromatic N) is 2. The largest absolute Gasteiger partial charge is 0.493 e. The van der Waals surface area contributed by atoms with E-state index in [-0.39, 0.29) is 29.7 Å². The first-order valence-electron chi connectivity index (χ1n) is 12.2. The number of hydrogen-bond acceptors (Lipinski definition) is 6. The van der Waals surface area contributed by atoms with Crippen LogP contribution in [0.25, 0.3) is 0 Å². The minimum atomic E-state index is -3.94. The van der Waals surface area contributed by atoms with Crippen molar-refractivity contribution in [3.8, 4) is 5.75 Å². The number of hydrogen-bond donors (Lipinski definition) is 0. The van der Waals surface area contributed by atoms with E-state index in [1.54, 1.807) is 63.5 Å². The quantitative estimate of drug-likeness (QED) is 0.420. The van der Waals surface area contributed by atoms with Crippen LogP contribution in [0, 0.1) is 18.8 Å². The lowest BCUT2D eigenvalue weighted by atomic mass is 10.0. The summed E-state index contributed by atoms with van der Waals surface area (Å²) in [6.45, 7) is 5.80. The molecule has 1 fully saturated rings. The molecular formula is C27H36N2O6S. The van der Waals surface area contributed by atoms with Crippen LogP contribution in [0.1, 0.15) is 42.1 Å². The fourth-order valence-corrected chi connectivity index (χ4v) is 5.79. The van der Waals surface area contributed by atoms with Gasteiger partial charge in [-0.2, -0.15) is 0 Å². The van der Waals surface area contributed by atoms with Gasteiger partial charge in [0.2, 0.25) is 0 Å². The number of sulfonamides is 1. The minimum absolute atomic E-state index is 0.130. The highest BCUT2D eigenvalue weighted by molar-refractivity contribution is 7.92. The Hall–Kier alpha value is -2.91. The van der Waals surface area contributed by atoms with Crippen molar-refractivity contribution in [1.82, 2.24) is 4.90 Å². The maximum absolute atomic E-state index is 13.8. The van der Waals surface area contributed by atoms with E-state index in [9.17, 15) is 18.0 Å². The zero-order valence-electron chi connectivity index (χ0n) is 21.5. The predicted molar refractivity (Wildman–Crippen MR) is 139 cm³/mol. The molecule has 1 saturated heterocycles. The Morgan fingerprint density at radius 1 is 1.14 bits per heavy atom. The molecule has 0 bridgehead atoms. The number of carbonyl (C=O) groups is 2. The number of ether oxygens (including phenoxy) is 2. The summed E-state index contributed by atoms with van der Waals surface area (Å²) < 4.78 is 40.2. The molecule has 2 aromatic rings. The molecule has 1 aliphatic rings. The Balaban J connectivity index is 1.87. The van der Waals surface area contributed by atoms with Crippen LogP contribution < -0.4 is 9.04 Å². The van der Waals surface area contributed by atoms with E-state index in [0.717, 1.165) is 32.3 Å². The normalized spacial score (nSPS) is 15.2. The summed E-state index contributed by atoms with van der Waals surface area (Å²) in [5, 5.41) is 0. The van der Waals surface area contributed by atoms with Crippen molar-refractivity contribution >= 4 is 27.9 Å². The van der Waals surface area contributed by atoms with Crippen LogP contribution in [-0.2, 0) is 19.6 Å². The Bertz CT molecular complexity index is 1140. The highest BCUT2D eigenvalue weighted by atomic mass is 32.2. The van der Waals surface area contributed by atoms with E-state index in [0.29, 0.717) is 35.1 Å². The van der Waals surface area contributed by atoms with E-state index in [1.165, 1.54) is 9.21 Å². The molecular weight excluding hydrogens is 480 g/mol. The molecule has 1 aliphatic heterocycles. The zero-order valence-corrected chi connectivity index (χ0v) is 22.3. The molecule has 196 valence electrons. The molecule has 1 unspecified atom stereocenters. The summed E-state index contributed by atoms with van der Waals surface area (Å²) in [6, 6.07) is 11.4. The number of amides is 1. The second kappa shape index (κ2) is 12.4. The van der Waals surface area contributed by atoms with Gasteiger partial charge in [-0.25, -0.2) is 8.42 Å². The van der Waals surface area contributed by atoms with Gasteiger partial charge in [0, 0.05) is 45.8 Å². The van der Waals surface area contributed by atoms with Crippen LogP contribution in [0.2, 0.25) is 0 Å². The smallest absolute Gasteiger partial charge is 0.264 e. The third-order valence-electron chi connectivity index (χ3n) is 6.33. The number of rotatable bonds is 11. The maximum Gasteiger partial charge on any atom is 0.264 e. The van der Waals surface area contributed by atoms with Crippen LogP contribution in [0.3, 0.4) is 0 Å². The minimum Gasteiger partial charge on any atom is -0.493 e. The third-order valence-corrected chi connectivity index (χ3v) is 8.13. The van der Waals surface area contributed by atoms with Gasteiger partial charge in [0.1, 0.15) is 12.0 Å². The lowest BCUT2D eigenvalue weighted by Crippen LogP contribution is -2.35. The molecule has 8 nitrogen and oxygen atoms in total.